The molecule has 3 N–H and O–H groups in total. The summed E-state index contributed by atoms with van der Waals surface area (Å²) in [6.07, 6.45) is 3.54. The van der Waals surface area contributed by atoms with Crippen molar-refractivity contribution in [1.82, 2.24) is 15.0 Å². The zero-order chi connectivity index (χ0) is 14.4. The quantitative estimate of drug-likeness (QED) is 0.787. The maximum absolute atomic E-state index is 5.68. The summed E-state index contributed by atoms with van der Waals surface area (Å²) in [5.74, 6) is 2.12. The van der Waals surface area contributed by atoms with E-state index in [1.54, 1.807) is 0 Å². The Bertz CT molecular complexity index is 391. The Morgan fingerprint density at radius 2 is 1.79 bits per heavy atom. The van der Waals surface area contributed by atoms with E-state index in [0.717, 1.165) is 12.3 Å². The van der Waals surface area contributed by atoms with Gasteiger partial charge in [0.1, 0.15) is 0 Å². The van der Waals surface area contributed by atoms with Crippen LogP contribution in [0.15, 0.2) is 0 Å². The molecule has 0 saturated heterocycles. The van der Waals surface area contributed by atoms with Crippen molar-refractivity contribution in [1.29, 1.82) is 0 Å². The number of hydrogen-bond donors (Lipinski definition) is 2. The van der Waals surface area contributed by atoms with Crippen LogP contribution in [0.5, 0.6) is 0 Å². The Morgan fingerprint density at radius 1 is 1.11 bits per heavy atom. The molecule has 0 saturated carbocycles. The van der Waals surface area contributed by atoms with E-state index in [4.69, 9.17) is 5.73 Å². The number of nitrogen functional groups attached to an aromatic ring is 1. The van der Waals surface area contributed by atoms with Crippen LogP contribution < -0.4 is 16.0 Å². The van der Waals surface area contributed by atoms with Crippen molar-refractivity contribution in [2.75, 3.05) is 30.0 Å². The van der Waals surface area contributed by atoms with E-state index in [1.807, 2.05) is 19.0 Å². The molecule has 6 heteroatoms. The molecule has 0 amide bonds. The number of hydrogen-bond acceptors (Lipinski definition) is 6. The van der Waals surface area contributed by atoms with Gasteiger partial charge < -0.3 is 16.0 Å². The van der Waals surface area contributed by atoms with E-state index in [-0.39, 0.29) is 5.95 Å². The molecule has 0 fully saturated rings. The predicted octanol–water partition coefficient (Wildman–Crippen LogP) is 2.15. The van der Waals surface area contributed by atoms with Crippen LogP contribution in [0.4, 0.5) is 17.8 Å². The fourth-order valence-corrected chi connectivity index (χ4v) is 1.77. The van der Waals surface area contributed by atoms with Crippen LogP contribution in [0, 0.1) is 5.92 Å². The first kappa shape index (κ1) is 15.5. The summed E-state index contributed by atoms with van der Waals surface area (Å²) < 4.78 is 0. The molecular formula is C13H26N6. The van der Waals surface area contributed by atoms with Gasteiger partial charge in [0.05, 0.1) is 0 Å². The summed E-state index contributed by atoms with van der Waals surface area (Å²) in [5.41, 5.74) is 5.68. The molecule has 0 spiro atoms. The van der Waals surface area contributed by atoms with Gasteiger partial charge in [-0.2, -0.15) is 15.0 Å². The Labute approximate surface area is 115 Å². The van der Waals surface area contributed by atoms with Gasteiger partial charge in [-0.15, -0.1) is 0 Å². The fourth-order valence-electron chi connectivity index (χ4n) is 1.77. The zero-order valence-corrected chi connectivity index (χ0v) is 12.6. The van der Waals surface area contributed by atoms with Gasteiger partial charge in [0.2, 0.25) is 17.8 Å². The summed E-state index contributed by atoms with van der Waals surface area (Å²) >= 11 is 0. The maximum Gasteiger partial charge on any atom is 0.231 e. The monoisotopic (exact) mass is 266 g/mol. The second-order valence-electron chi connectivity index (χ2n) is 5.58. The second-order valence-corrected chi connectivity index (χ2v) is 5.58. The van der Waals surface area contributed by atoms with Crippen LogP contribution in [0.2, 0.25) is 0 Å². The van der Waals surface area contributed by atoms with Crippen LogP contribution in [0.3, 0.4) is 0 Å². The zero-order valence-electron chi connectivity index (χ0n) is 12.6. The highest BCUT2D eigenvalue weighted by Gasteiger charge is 2.09. The highest BCUT2D eigenvalue weighted by Crippen LogP contribution is 2.13. The maximum atomic E-state index is 5.68. The summed E-state index contributed by atoms with van der Waals surface area (Å²) in [6.45, 7) is 6.62. The summed E-state index contributed by atoms with van der Waals surface area (Å²) in [6, 6.07) is 0.329. The van der Waals surface area contributed by atoms with Gasteiger partial charge in [0.25, 0.3) is 0 Å². The average Bonchev–Trinajstić information content (AvgIpc) is 2.27. The lowest BCUT2D eigenvalue weighted by molar-refractivity contribution is 0.519. The fraction of sp³-hybridized carbons (Fsp3) is 0.769. The molecule has 0 radical (unpaired) electrons. The van der Waals surface area contributed by atoms with Crippen molar-refractivity contribution in [3.63, 3.8) is 0 Å². The molecule has 6 nitrogen and oxygen atoms in total. The Kier molecular flexibility index (Phi) is 5.79. The summed E-state index contributed by atoms with van der Waals surface area (Å²) in [7, 11) is 3.76. The highest BCUT2D eigenvalue weighted by molar-refractivity contribution is 5.41. The summed E-state index contributed by atoms with van der Waals surface area (Å²) in [5, 5.41) is 3.28. The second kappa shape index (κ2) is 7.11. The van der Waals surface area contributed by atoms with Crippen LogP contribution in [-0.2, 0) is 0 Å². The lowest BCUT2D eigenvalue weighted by atomic mass is 10.0. The van der Waals surface area contributed by atoms with E-state index >= 15 is 0 Å². The Balaban J connectivity index is 2.56. The predicted molar refractivity (Wildman–Crippen MR) is 80.3 cm³/mol. The van der Waals surface area contributed by atoms with Crippen LogP contribution in [-0.4, -0.2) is 35.1 Å². The molecular weight excluding hydrogens is 240 g/mol. The third kappa shape index (κ3) is 5.72. The standard InChI is InChI=1S/C13H26N6/c1-9(2)7-6-8-10(3)15-12-16-11(14)17-13(18-12)19(4)5/h9-10H,6-8H2,1-5H3,(H3,14,15,16,17,18). The number of aromatic nitrogens is 3. The smallest absolute Gasteiger partial charge is 0.231 e. The molecule has 0 aliphatic rings. The van der Waals surface area contributed by atoms with Crippen LogP contribution >= 0.6 is 0 Å². The minimum Gasteiger partial charge on any atom is -0.368 e. The van der Waals surface area contributed by atoms with Gasteiger partial charge in [0.15, 0.2) is 0 Å². The van der Waals surface area contributed by atoms with E-state index in [2.05, 4.69) is 41.0 Å². The van der Waals surface area contributed by atoms with Crippen molar-refractivity contribution < 1.29 is 0 Å². The molecule has 0 aromatic carbocycles. The molecule has 0 bridgehead atoms. The molecule has 1 rings (SSSR count). The van der Waals surface area contributed by atoms with Gasteiger partial charge in [-0.1, -0.05) is 26.7 Å². The first-order valence-corrected chi connectivity index (χ1v) is 6.84. The number of anilines is 3. The molecule has 19 heavy (non-hydrogen) atoms. The van der Waals surface area contributed by atoms with E-state index in [9.17, 15) is 0 Å². The van der Waals surface area contributed by atoms with Crippen molar-refractivity contribution >= 4 is 17.8 Å². The number of nitrogens with one attached hydrogen (secondary N) is 1. The largest absolute Gasteiger partial charge is 0.368 e. The van der Waals surface area contributed by atoms with Crippen molar-refractivity contribution in [3.05, 3.63) is 0 Å². The topological polar surface area (TPSA) is 80.0 Å². The summed E-state index contributed by atoms with van der Waals surface area (Å²) in [4.78, 5) is 14.3. The van der Waals surface area contributed by atoms with E-state index in [0.29, 0.717) is 17.9 Å². The highest BCUT2D eigenvalue weighted by atomic mass is 15.3. The van der Waals surface area contributed by atoms with Crippen LogP contribution in [0.25, 0.3) is 0 Å². The molecule has 0 aliphatic heterocycles. The third-order valence-corrected chi connectivity index (χ3v) is 2.84. The molecule has 1 aromatic rings. The van der Waals surface area contributed by atoms with E-state index in [1.165, 1.54) is 12.8 Å². The molecule has 1 unspecified atom stereocenters. The van der Waals surface area contributed by atoms with Gasteiger partial charge in [-0.25, -0.2) is 0 Å². The minimum atomic E-state index is 0.246. The first-order valence-electron chi connectivity index (χ1n) is 6.84. The number of nitrogens with two attached hydrogens (primary N) is 1. The molecule has 1 atom stereocenters. The van der Waals surface area contributed by atoms with Gasteiger partial charge in [-0.3, -0.25) is 0 Å². The van der Waals surface area contributed by atoms with E-state index < -0.39 is 0 Å². The van der Waals surface area contributed by atoms with Gasteiger partial charge in [0, 0.05) is 20.1 Å². The molecule has 108 valence electrons. The van der Waals surface area contributed by atoms with Gasteiger partial charge in [-0.05, 0) is 19.3 Å². The normalized spacial score (nSPS) is 12.5. The lowest BCUT2D eigenvalue weighted by Gasteiger charge is -2.16. The van der Waals surface area contributed by atoms with Crippen molar-refractivity contribution in [2.45, 2.75) is 46.1 Å². The molecule has 1 heterocycles. The lowest BCUT2D eigenvalue weighted by Crippen LogP contribution is -2.20. The number of rotatable bonds is 7. The minimum absolute atomic E-state index is 0.246. The van der Waals surface area contributed by atoms with Crippen LogP contribution in [0.1, 0.15) is 40.0 Å². The SMILES string of the molecule is CC(C)CCCC(C)Nc1nc(N)nc(N(C)C)n1. The Hall–Kier alpha value is -1.59. The number of nitrogens with zero attached hydrogens (tertiary/aromatic N) is 4. The molecule has 1 aromatic heterocycles. The van der Waals surface area contributed by atoms with Crippen molar-refractivity contribution in [2.24, 2.45) is 5.92 Å². The first-order chi connectivity index (χ1) is 8.88. The molecule has 0 aliphatic carbocycles. The van der Waals surface area contributed by atoms with Gasteiger partial charge >= 0.3 is 0 Å². The Morgan fingerprint density at radius 3 is 2.37 bits per heavy atom. The third-order valence-electron chi connectivity index (χ3n) is 2.84. The van der Waals surface area contributed by atoms with Crippen molar-refractivity contribution in [3.8, 4) is 0 Å². The average molecular weight is 266 g/mol.